The van der Waals surface area contributed by atoms with Crippen molar-refractivity contribution < 1.29 is 19.5 Å². The summed E-state index contributed by atoms with van der Waals surface area (Å²) in [6.45, 7) is 3.27. The van der Waals surface area contributed by atoms with Crippen LogP contribution in [0.5, 0.6) is 0 Å². The minimum absolute atomic E-state index is 0.306. The Kier molecular flexibility index (Phi) is 6.69. The van der Waals surface area contributed by atoms with Crippen molar-refractivity contribution in [2.24, 2.45) is 0 Å². The Morgan fingerprint density at radius 2 is 1.39 bits per heavy atom. The van der Waals surface area contributed by atoms with Crippen molar-refractivity contribution in [3.63, 3.8) is 0 Å². The number of carboxylic acid groups (broad SMARTS) is 1. The van der Waals surface area contributed by atoms with Crippen molar-refractivity contribution in [1.82, 2.24) is 5.32 Å². The van der Waals surface area contributed by atoms with Gasteiger partial charge in [0.25, 0.3) is 5.91 Å². The largest absolute Gasteiger partial charge is 0.477 e. The van der Waals surface area contributed by atoms with Gasteiger partial charge in [0.05, 0.1) is 10.7 Å². The second-order valence-electron chi connectivity index (χ2n) is 6.45. The van der Waals surface area contributed by atoms with E-state index in [1.165, 1.54) is 0 Å². The summed E-state index contributed by atoms with van der Waals surface area (Å²) in [6, 6.07) is 20.3. The lowest BCUT2D eigenvalue weighted by Gasteiger charge is -2.10. The highest BCUT2D eigenvalue weighted by Crippen LogP contribution is 2.23. The minimum atomic E-state index is -1.29. The molecule has 3 aromatic rings. The number of carbonyl (C=O) groups excluding carboxylic acids is 2. The molecule has 0 bridgehead atoms. The number of benzene rings is 3. The van der Waals surface area contributed by atoms with Gasteiger partial charge in [0.2, 0.25) is 0 Å². The third kappa shape index (κ3) is 5.71. The van der Waals surface area contributed by atoms with E-state index in [2.05, 4.69) is 22.5 Å². The number of halogens is 1. The lowest BCUT2D eigenvalue weighted by Crippen LogP contribution is -2.26. The van der Waals surface area contributed by atoms with Crippen molar-refractivity contribution in [3.8, 4) is 11.1 Å². The second kappa shape index (κ2) is 9.60. The van der Waals surface area contributed by atoms with E-state index >= 15 is 0 Å². The number of para-hydroxylation sites is 1. The quantitative estimate of drug-likeness (QED) is 0.409. The van der Waals surface area contributed by atoms with E-state index in [9.17, 15) is 14.4 Å². The molecule has 8 heteroatoms. The number of hydrogen-bond acceptors (Lipinski definition) is 3. The van der Waals surface area contributed by atoms with Crippen LogP contribution in [0.3, 0.4) is 0 Å². The number of rotatable bonds is 6. The fourth-order valence-corrected chi connectivity index (χ4v) is 2.85. The van der Waals surface area contributed by atoms with Crippen molar-refractivity contribution in [2.45, 2.75) is 0 Å². The first kappa shape index (κ1) is 21.6. The standard InChI is InChI=1S/C23H18ClN3O4/c1-14(22(29)30)25-21(28)17-8-6-15(7-9-17)16-10-12-18(13-11-16)26-23(31)27-20-5-3-2-4-19(20)24/h2-13H,1H2,(H,25,28)(H,29,30)(H2,26,27,31). The lowest BCUT2D eigenvalue weighted by atomic mass is 10.0. The summed E-state index contributed by atoms with van der Waals surface area (Å²) in [5.41, 5.74) is 2.74. The molecule has 0 unspecified atom stereocenters. The van der Waals surface area contributed by atoms with Crippen molar-refractivity contribution in [1.29, 1.82) is 0 Å². The van der Waals surface area contributed by atoms with Gasteiger partial charge in [0, 0.05) is 11.3 Å². The highest BCUT2D eigenvalue weighted by atomic mass is 35.5. The zero-order valence-corrected chi connectivity index (χ0v) is 16.9. The molecule has 0 spiro atoms. The zero-order chi connectivity index (χ0) is 22.4. The molecule has 0 aliphatic carbocycles. The van der Waals surface area contributed by atoms with Crippen molar-refractivity contribution in [2.75, 3.05) is 10.6 Å². The van der Waals surface area contributed by atoms with Crippen LogP contribution in [0, 0.1) is 0 Å². The SMILES string of the molecule is C=C(NC(=O)c1ccc(-c2ccc(NC(=O)Nc3ccccc3Cl)cc2)cc1)C(=O)O. The molecule has 3 rings (SSSR count). The van der Waals surface area contributed by atoms with Gasteiger partial charge in [-0.05, 0) is 47.5 Å². The van der Waals surface area contributed by atoms with Crippen molar-refractivity contribution in [3.05, 3.63) is 95.7 Å². The molecule has 3 amide bonds. The molecule has 156 valence electrons. The Morgan fingerprint density at radius 1 is 0.806 bits per heavy atom. The molecule has 7 nitrogen and oxygen atoms in total. The molecule has 0 saturated heterocycles. The number of amides is 3. The average Bonchev–Trinajstić information content (AvgIpc) is 2.76. The van der Waals surface area contributed by atoms with Crippen LogP contribution in [0.1, 0.15) is 10.4 Å². The maximum absolute atomic E-state index is 12.1. The summed E-state index contributed by atoms with van der Waals surface area (Å²) in [5.74, 6) is -1.85. The minimum Gasteiger partial charge on any atom is -0.477 e. The van der Waals surface area contributed by atoms with Gasteiger partial charge in [0.1, 0.15) is 5.70 Å². The third-order valence-corrected chi connectivity index (χ3v) is 4.60. The van der Waals surface area contributed by atoms with E-state index in [0.717, 1.165) is 11.1 Å². The van der Waals surface area contributed by atoms with E-state index in [1.54, 1.807) is 60.7 Å². The first-order chi connectivity index (χ1) is 14.8. The van der Waals surface area contributed by atoms with Crippen LogP contribution in [0.2, 0.25) is 5.02 Å². The van der Waals surface area contributed by atoms with Crippen LogP contribution in [0.15, 0.2) is 85.1 Å². The molecule has 0 aliphatic heterocycles. The molecule has 0 aromatic heterocycles. The van der Waals surface area contributed by atoms with Crippen LogP contribution in [-0.4, -0.2) is 23.0 Å². The highest BCUT2D eigenvalue weighted by molar-refractivity contribution is 6.33. The predicted molar refractivity (Wildman–Crippen MR) is 120 cm³/mol. The summed E-state index contributed by atoms with van der Waals surface area (Å²) < 4.78 is 0. The van der Waals surface area contributed by atoms with Gasteiger partial charge < -0.3 is 21.1 Å². The van der Waals surface area contributed by atoms with Crippen LogP contribution in [0.25, 0.3) is 11.1 Å². The third-order valence-electron chi connectivity index (χ3n) is 4.27. The number of anilines is 2. The molecular formula is C23H18ClN3O4. The Hall–Kier alpha value is -4.10. The van der Waals surface area contributed by atoms with Gasteiger partial charge in [-0.2, -0.15) is 0 Å². The summed E-state index contributed by atoms with van der Waals surface area (Å²) in [5, 5.41) is 16.8. The summed E-state index contributed by atoms with van der Waals surface area (Å²) in [6.07, 6.45) is 0. The lowest BCUT2D eigenvalue weighted by molar-refractivity contribution is -0.132. The van der Waals surface area contributed by atoms with Gasteiger partial charge in [-0.15, -0.1) is 0 Å². The van der Waals surface area contributed by atoms with E-state index in [0.29, 0.717) is 22.0 Å². The van der Waals surface area contributed by atoms with Gasteiger partial charge in [-0.3, -0.25) is 4.79 Å². The summed E-state index contributed by atoms with van der Waals surface area (Å²) >= 11 is 6.03. The molecule has 4 N–H and O–H groups in total. The maximum Gasteiger partial charge on any atom is 0.351 e. The second-order valence-corrected chi connectivity index (χ2v) is 6.86. The van der Waals surface area contributed by atoms with Crippen LogP contribution >= 0.6 is 11.6 Å². The molecule has 0 fully saturated rings. The van der Waals surface area contributed by atoms with E-state index in [1.807, 2.05) is 12.1 Å². The number of urea groups is 1. The monoisotopic (exact) mass is 435 g/mol. The molecule has 0 atom stereocenters. The molecule has 0 aliphatic rings. The van der Waals surface area contributed by atoms with Gasteiger partial charge in [-0.25, -0.2) is 9.59 Å². The Balaban J connectivity index is 1.62. The molecule has 0 radical (unpaired) electrons. The normalized spacial score (nSPS) is 10.1. The Morgan fingerprint density at radius 3 is 1.97 bits per heavy atom. The topological polar surface area (TPSA) is 108 Å². The maximum atomic E-state index is 12.1. The van der Waals surface area contributed by atoms with E-state index in [4.69, 9.17) is 16.7 Å². The van der Waals surface area contributed by atoms with E-state index in [-0.39, 0.29) is 0 Å². The molecule has 0 heterocycles. The van der Waals surface area contributed by atoms with Crippen LogP contribution in [-0.2, 0) is 4.79 Å². The number of aliphatic carboxylic acids is 1. The van der Waals surface area contributed by atoms with Gasteiger partial charge in [-0.1, -0.05) is 54.6 Å². The summed E-state index contributed by atoms with van der Waals surface area (Å²) in [7, 11) is 0. The van der Waals surface area contributed by atoms with Gasteiger partial charge in [0.15, 0.2) is 0 Å². The first-order valence-corrected chi connectivity index (χ1v) is 9.48. The van der Waals surface area contributed by atoms with Gasteiger partial charge >= 0.3 is 12.0 Å². The van der Waals surface area contributed by atoms with E-state index < -0.39 is 23.6 Å². The fraction of sp³-hybridized carbons (Fsp3) is 0. The molecular weight excluding hydrogens is 418 g/mol. The number of carboxylic acids is 1. The molecule has 0 saturated carbocycles. The van der Waals surface area contributed by atoms with Crippen LogP contribution in [0.4, 0.5) is 16.2 Å². The van der Waals surface area contributed by atoms with Crippen molar-refractivity contribution >= 4 is 40.9 Å². The summed E-state index contributed by atoms with van der Waals surface area (Å²) in [4.78, 5) is 34.9. The molecule has 3 aromatic carbocycles. The zero-order valence-electron chi connectivity index (χ0n) is 16.2. The molecule has 31 heavy (non-hydrogen) atoms. The predicted octanol–water partition coefficient (Wildman–Crippen LogP) is 4.98. The average molecular weight is 436 g/mol. The number of hydrogen-bond donors (Lipinski definition) is 4. The number of carbonyl (C=O) groups is 3. The van der Waals surface area contributed by atoms with Crippen LogP contribution < -0.4 is 16.0 Å². The fourth-order valence-electron chi connectivity index (χ4n) is 2.67. The number of nitrogens with one attached hydrogen (secondary N) is 3. The Bertz CT molecular complexity index is 1140. The smallest absolute Gasteiger partial charge is 0.351 e. The highest BCUT2D eigenvalue weighted by Gasteiger charge is 2.11. The Labute approximate surface area is 183 Å². The first-order valence-electron chi connectivity index (χ1n) is 9.10.